The number of methoxy groups -OCH3 is 1. The molecule has 3 aromatic rings. The number of hydrogen-bond acceptors (Lipinski definition) is 6. The number of ether oxygens (including phenoxy) is 2. The second-order valence-corrected chi connectivity index (χ2v) is 8.75. The summed E-state index contributed by atoms with van der Waals surface area (Å²) in [7, 11) is 1.55. The highest BCUT2D eigenvalue weighted by molar-refractivity contribution is 6.51. The van der Waals surface area contributed by atoms with Crippen LogP contribution in [0.2, 0.25) is 0 Å². The van der Waals surface area contributed by atoms with E-state index in [1.807, 2.05) is 26.8 Å². The molecular formula is C29H26N2O5. The largest absolute Gasteiger partial charge is 0.507 e. The SMILES string of the molecule is COc1ccc(/C(O)=C2\C(=O)C(=O)N(c3ccc(C#N)cc3)C2c2cccc(OC(C)C)c2)cc1C. The lowest BCUT2D eigenvalue weighted by Crippen LogP contribution is -2.29. The molecule has 1 fully saturated rings. The van der Waals surface area contributed by atoms with Crippen molar-refractivity contribution in [3.8, 4) is 17.6 Å². The molecule has 182 valence electrons. The third kappa shape index (κ3) is 4.53. The summed E-state index contributed by atoms with van der Waals surface area (Å²) in [5.41, 5.74) is 2.59. The summed E-state index contributed by atoms with van der Waals surface area (Å²) in [4.78, 5) is 28.0. The molecule has 1 aliphatic heterocycles. The number of aliphatic hydroxyl groups excluding tert-OH is 1. The molecule has 0 aliphatic carbocycles. The van der Waals surface area contributed by atoms with E-state index < -0.39 is 17.7 Å². The van der Waals surface area contributed by atoms with E-state index in [4.69, 9.17) is 9.47 Å². The van der Waals surface area contributed by atoms with E-state index in [0.29, 0.717) is 33.9 Å². The molecule has 1 N–H and O–H groups in total. The number of amides is 1. The molecular weight excluding hydrogens is 456 g/mol. The molecule has 36 heavy (non-hydrogen) atoms. The summed E-state index contributed by atoms with van der Waals surface area (Å²) in [5.74, 6) is -0.638. The van der Waals surface area contributed by atoms with E-state index >= 15 is 0 Å². The smallest absolute Gasteiger partial charge is 0.300 e. The van der Waals surface area contributed by atoms with Gasteiger partial charge in [0.05, 0.1) is 36.5 Å². The Kier molecular flexibility index (Phi) is 6.80. The van der Waals surface area contributed by atoms with E-state index in [2.05, 4.69) is 0 Å². The first-order valence-corrected chi connectivity index (χ1v) is 11.5. The van der Waals surface area contributed by atoms with E-state index in [1.165, 1.54) is 4.90 Å². The van der Waals surface area contributed by atoms with Crippen LogP contribution >= 0.6 is 0 Å². The minimum Gasteiger partial charge on any atom is -0.507 e. The number of nitriles is 1. The summed E-state index contributed by atoms with van der Waals surface area (Å²) in [6, 6.07) is 19.7. The van der Waals surface area contributed by atoms with Gasteiger partial charge < -0.3 is 14.6 Å². The van der Waals surface area contributed by atoms with Crippen LogP contribution in [-0.2, 0) is 9.59 Å². The van der Waals surface area contributed by atoms with Crippen molar-refractivity contribution in [2.45, 2.75) is 32.9 Å². The molecule has 1 atom stereocenters. The molecule has 3 aromatic carbocycles. The van der Waals surface area contributed by atoms with E-state index in [9.17, 15) is 20.0 Å². The summed E-state index contributed by atoms with van der Waals surface area (Å²) >= 11 is 0. The van der Waals surface area contributed by atoms with Crippen molar-refractivity contribution in [2.75, 3.05) is 12.0 Å². The summed E-state index contributed by atoms with van der Waals surface area (Å²) in [6.45, 7) is 5.64. The lowest BCUT2D eigenvalue weighted by atomic mass is 9.94. The zero-order chi connectivity index (χ0) is 26.0. The number of aliphatic hydroxyl groups is 1. The second kappa shape index (κ2) is 9.96. The van der Waals surface area contributed by atoms with Gasteiger partial charge in [-0.1, -0.05) is 12.1 Å². The lowest BCUT2D eigenvalue weighted by Gasteiger charge is -2.26. The van der Waals surface area contributed by atoms with Gasteiger partial charge in [-0.05, 0) is 86.5 Å². The maximum atomic E-state index is 13.4. The van der Waals surface area contributed by atoms with Crippen molar-refractivity contribution in [3.05, 3.63) is 94.6 Å². The molecule has 0 aromatic heterocycles. The van der Waals surface area contributed by atoms with Crippen LogP contribution in [-0.4, -0.2) is 30.0 Å². The Morgan fingerprint density at radius 1 is 1.06 bits per heavy atom. The zero-order valence-corrected chi connectivity index (χ0v) is 20.5. The predicted octanol–water partition coefficient (Wildman–Crippen LogP) is 5.29. The van der Waals surface area contributed by atoms with Gasteiger partial charge >= 0.3 is 0 Å². The zero-order valence-electron chi connectivity index (χ0n) is 20.5. The Morgan fingerprint density at radius 3 is 2.39 bits per heavy atom. The highest BCUT2D eigenvalue weighted by Crippen LogP contribution is 2.43. The number of rotatable bonds is 6. The lowest BCUT2D eigenvalue weighted by molar-refractivity contribution is -0.132. The molecule has 4 rings (SSSR count). The average Bonchev–Trinajstić information content (AvgIpc) is 3.13. The number of ketones is 1. The molecule has 1 aliphatic rings. The minimum absolute atomic E-state index is 0.0318. The number of anilines is 1. The fraction of sp³-hybridized carbons (Fsp3) is 0.207. The Morgan fingerprint density at radius 2 is 1.78 bits per heavy atom. The van der Waals surface area contributed by atoms with Crippen LogP contribution in [0.15, 0.2) is 72.3 Å². The number of benzene rings is 3. The summed E-state index contributed by atoms with van der Waals surface area (Å²) in [6.07, 6.45) is -0.0765. The van der Waals surface area contributed by atoms with Crippen molar-refractivity contribution in [3.63, 3.8) is 0 Å². The van der Waals surface area contributed by atoms with E-state index in [1.54, 1.807) is 73.8 Å². The average molecular weight is 483 g/mol. The molecule has 1 heterocycles. The molecule has 7 heteroatoms. The van der Waals surface area contributed by atoms with Crippen molar-refractivity contribution in [2.24, 2.45) is 0 Å². The molecule has 0 spiro atoms. The van der Waals surface area contributed by atoms with Gasteiger partial charge in [0.15, 0.2) is 0 Å². The fourth-order valence-electron chi connectivity index (χ4n) is 4.32. The van der Waals surface area contributed by atoms with Crippen LogP contribution in [0.25, 0.3) is 5.76 Å². The van der Waals surface area contributed by atoms with Gasteiger partial charge in [0, 0.05) is 11.3 Å². The van der Waals surface area contributed by atoms with E-state index in [0.717, 1.165) is 5.56 Å². The third-order valence-corrected chi connectivity index (χ3v) is 5.93. The van der Waals surface area contributed by atoms with Gasteiger partial charge in [0.25, 0.3) is 11.7 Å². The number of hydrogen-bond donors (Lipinski definition) is 1. The monoisotopic (exact) mass is 482 g/mol. The van der Waals surface area contributed by atoms with Crippen LogP contribution in [0.4, 0.5) is 5.69 Å². The topological polar surface area (TPSA) is 99.9 Å². The molecule has 1 saturated heterocycles. The Hall–Kier alpha value is -4.57. The van der Waals surface area contributed by atoms with Gasteiger partial charge in [-0.3, -0.25) is 14.5 Å². The second-order valence-electron chi connectivity index (χ2n) is 8.75. The normalized spacial score (nSPS) is 16.8. The number of Topliss-reactive ketones (excluding diaryl/α,β-unsaturated/α-hetero) is 1. The highest BCUT2D eigenvalue weighted by atomic mass is 16.5. The predicted molar refractivity (Wildman–Crippen MR) is 136 cm³/mol. The Bertz CT molecular complexity index is 1400. The maximum Gasteiger partial charge on any atom is 0.300 e. The number of aryl methyl sites for hydroxylation is 1. The molecule has 0 bridgehead atoms. The minimum atomic E-state index is -0.906. The summed E-state index contributed by atoms with van der Waals surface area (Å²) < 4.78 is 11.2. The van der Waals surface area contributed by atoms with Crippen LogP contribution in [0.3, 0.4) is 0 Å². The van der Waals surface area contributed by atoms with Gasteiger partial charge in [0.1, 0.15) is 17.3 Å². The first-order chi connectivity index (χ1) is 17.2. The van der Waals surface area contributed by atoms with E-state index in [-0.39, 0.29) is 17.4 Å². The Balaban J connectivity index is 1.93. The highest BCUT2D eigenvalue weighted by Gasteiger charge is 2.47. The van der Waals surface area contributed by atoms with Crippen molar-refractivity contribution in [1.29, 1.82) is 5.26 Å². The summed E-state index contributed by atoms with van der Waals surface area (Å²) in [5, 5.41) is 20.5. The quantitative estimate of drug-likeness (QED) is 0.291. The van der Waals surface area contributed by atoms with Crippen molar-refractivity contribution < 1.29 is 24.2 Å². The van der Waals surface area contributed by atoms with Crippen LogP contribution in [0, 0.1) is 18.3 Å². The first-order valence-electron chi connectivity index (χ1n) is 11.5. The number of nitrogens with zero attached hydrogens (tertiary/aromatic N) is 2. The van der Waals surface area contributed by atoms with Gasteiger partial charge in [0.2, 0.25) is 0 Å². The maximum absolute atomic E-state index is 13.4. The molecule has 1 amide bonds. The number of carbonyl (C=O) groups excluding carboxylic acids is 2. The fourth-order valence-corrected chi connectivity index (χ4v) is 4.32. The van der Waals surface area contributed by atoms with Gasteiger partial charge in [-0.15, -0.1) is 0 Å². The molecule has 1 unspecified atom stereocenters. The first kappa shape index (κ1) is 24.6. The van der Waals surface area contributed by atoms with Gasteiger partial charge in [-0.25, -0.2) is 0 Å². The van der Waals surface area contributed by atoms with Gasteiger partial charge in [-0.2, -0.15) is 5.26 Å². The molecule has 0 radical (unpaired) electrons. The van der Waals surface area contributed by atoms with Crippen LogP contribution in [0.5, 0.6) is 11.5 Å². The third-order valence-electron chi connectivity index (χ3n) is 5.93. The number of carbonyl (C=O) groups is 2. The van der Waals surface area contributed by atoms with Crippen LogP contribution < -0.4 is 14.4 Å². The molecule has 7 nitrogen and oxygen atoms in total. The Labute approximate surface area is 209 Å². The molecule has 0 saturated carbocycles. The van der Waals surface area contributed by atoms with Crippen LogP contribution in [0.1, 0.15) is 42.1 Å². The standard InChI is InChI=1S/C29H26N2O5/c1-17(2)36-23-7-5-6-20(15-23)26-25(27(32)21-10-13-24(35-4)18(3)14-21)28(33)29(34)31(26)22-11-8-19(16-30)9-12-22/h5-15,17,26,32H,1-4H3/b27-25+. The van der Waals surface area contributed by atoms with Crippen molar-refractivity contribution in [1.82, 2.24) is 0 Å². The van der Waals surface area contributed by atoms with Crippen molar-refractivity contribution >= 4 is 23.1 Å².